The van der Waals surface area contributed by atoms with E-state index in [4.69, 9.17) is 22.9 Å². The summed E-state index contributed by atoms with van der Waals surface area (Å²) in [6, 6.07) is 0. The molecule has 0 fully saturated rings. The van der Waals surface area contributed by atoms with Crippen molar-refractivity contribution < 1.29 is 10.1 Å². The summed E-state index contributed by atoms with van der Waals surface area (Å²) in [5.41, 5.74) is 22.7. The van der Waals surface area contributed by atoms with E-state index in [0.717, 1.165) is 12.4 Å². The van der Waals surface area contributed by atoms with Crippen LogP contribution in [0, 0.1) is 10.4 Å². The third-order valence-electron chi connectivity index (χ3n) is 2.48. The van der Waals surface area contributed by atoms with E-state index in [1.165, 1.54) is 0 Å². The molecule has 2 heterocycles. The fourth-order valence-electron chi connectivity index (χ4n) is 1.65. The van der Waals surface area contributed by atoms with Gasteiger partial charge in [-0.05, 0) is 0 Å². The van der Waals surface area contributed by atoms with E-state index in [-0.39, 0.29) is 34.2 Å². The maximum absolute atomic E-state index is 11.6. The average Bonchev–Trinajstić information content (AvgIpc) is 2.57. The lowest BCUT2D eigenvalue weighted by molar-refractivity contribution is -0.790. The first-order valence-electron chi connectivity index (χ1n) is 4.47. The van der Waals surface area contributed by atoms with Crippen LogP contribution in [0.3, 0.4) is 0 Å². The summed E-state index contributed by atoms with van der Waals surface area (Å²) in [6.45, 7) is 0. The predicted octanol–water partition coefficient (Wildman–Crippen LogP) is -4.28. The molecule has 2 aliphatic rings. The molecule has 2 aliphatic heterocycles. The van der Waals surface area contributed by atoms with Crippen molar-refractivity contribution in [1.82, 2.24) is 0 Å². The van der Waals surface area contributed by atoms with Gasteiger partial charge in [0.05, 0.1) is 0 Å². The zero-order chi connectivity index (χ0) is 12.0. The van der Waals surface area contributed by atoms with Gasteiger partial charge in [-0.25, -0.2) is 0 Å². The minimum atomic E-state index is -0.426. The van der Waals surface area contributed by atoms with Crippen LogP contribution in [0.4, 0.5) is 0 Å². The van der Waals surface area contributed by atoms with E-state index in [1.54, 1.807) is 0 Å². The highest BCUT2D eigenvalue weighted by Gasteiger charge is 2.35. The molecule has 0 amide bonds. The van der Waals surface area contributed by atoms with Gasteiger partial charge in [-0.3, -0.25) is 0 Å². The molecule has 0 aromatic carbocycles. The Balaban J connectivity index is 2.51. The molecule has 8 heteroatoms. The lowest BCUT2D eigenvalue weighted by Crippen LogP contribution is -3.07. The van der Waals surface area contributed by atoms with Crippen molar-refractivity contribution in [2.24, 2.45) is 22.9 Å². The van der Waals surface area contributed by atoms with Crippen molar-refractivity contribution in [2.75, 3.05) is 0 Å². The van der Waals surface area contributed by atoms with Crippen molar-refractivity contribution in [3.05, 3.63) is 57.0 Å². The van der Waals surface area contributed by atoms with Gasteiger partial charge in [0, 0.05) is 0 Å². The largest absolute Gasteiger partial charge is 0.624 e. The summed E-state index contributed by atoms with van der Waals surface area (Å²) >= 11 is 0. The first-order valence-corrected chi connectivity index (χ1v) is 4.47. The molecule has 0 radical (unpaired) electrons. The lowest BCUT2D eigenvalue weighted by atomic mass is 10.2. The molecular weight excluding hydrogens is 212 g/mol. The van der Waals surface area contributed by atoms with E-state index in [0.29, 0.717) is 0 Å². The summed E-state index contributed by atoms with van der Waals surface area (Å²) in [4.78, 5) is 0. The lowest BCUT2D eigenvalue weighted by Gasteiger charge is -2.22. The van der Waals surface area contributed by atoms with Crippen LogP contribution < -0.4 is 33.1 Å². The molecule has 2 unspecified atom stereocenters. The fraction of sp³-hybridized carbons (Fsp3) is 0. The molecular formula is C8H12N6O2. The molecule has 0 aliphatic carbocycles. The third-order valence-corrected chi connectivity index (χ3v) is 2.48. The quantitative estimate of drug-likeness (QED) is 0.247. The second-order valence-corrected chi connectivity index (χ2v) is 3.51. The highest BCUT2D eigenvalue weighted by molar-refractivity contribution is 5.45. The van der Waals surface area contributed by atoms with E-state index >= 15 is 0 Å². The minimum absolute atomic E-state index is 0.0386. The van der Waals surface area contributed by atoms with E-state index in [9.17, 15) is 10.4 Å². The summed E-state index contributed by atoms with van der Waals surface area (Å²) in [5.74, 6) is 0. The van der Waals surface area contributed by atoms with Gasteiger partial charge >= 0.3 is 0 Å². The highest BCUT2D eigenvalue weighted by atomic mass is 16.5. The SMILES string of the molecule is NC1=C[NH+]([O-])C(C2=C(N)C(N)=C[NH+]2[O-])=C1N. The van der Waals surface area contributed by atoms with Crippen LogP contribution >= 0.6 is 0 Å². The van der Waals surface area contributed by atoms with E-state index in [2.05, 4.69) is 0 Å². The topological polar surface area (TPSA) is 159 Å². The molecule has 10 N–H and O–H groups in total. The Morgan fingerprint density at radius 2 is 1.06 bits per heavy atom. The smallest absolute Gasteiger partial charge is 0.225 e. The molecule has 86 valence electrons. The number of nitrogens with two attached hydrogens (primary N) is 4. The molecule has 16 heavy (non-hydrogen) atoms. The normalized spacial score (nSPS) is 29.9. The van der Waals surface area contributed by atoms with Gasteiger partial charge in [0.1, 0.15) is 35.2 Å². The van der Waals surface area contributed by atoms with Crippen LogP contribution in [0.5, 0.6) is 0 Å². The Labute approximate surface area is 90.9 Å². The van der Waals surface area contributed by atoms with Gasteiger partial charge in [0.15, 0.2) is 0 Å². The molecule has 2 rings (SSSR count). The zero-order valence-corrected chi connectivity index (χ0v) is 8.28. The average molecular weight is 224 g/mol. The molecule has 8 nitrogen and oxygen atoms in total. The Morgan fingerprint density at radius 3 is 1.25 bits per heavy atom. The maximum atomic E-state index is 11.6. The molecule has 0 aromatic heterocycles. The Bertz CT molecular complexity index is 431. The number of rotatable bonds is 1. The number of hydrogen-bond acceptors (Lipinski definition) is 6. The second-order valence-electron chi connectivity index (χ2n) is 3.51. The third kappa shape index (κ3) is 1.26. The molecule has 0 aromatic rings. The molecule has 0 spiro atoms. The molecule has 2 atom stereocenters. The van der Waals surface area contributed by atoms with Crippen molar-refractivity contribution in [2.45, 2.75) is 0 Å². The number of nitrogens with one attached hydrogen (secondary N) is 2. The predicted molar refractivity (Wildman–Crippen MR) is 55.6 cm³/mol. The summed E-state index contributed by atoms with van der Waals surface area (Å²) < 4.78 is 0. The Hall–Kier alpha value is -2.00. The van der Waals surface area contributed by atoms with Crippen LogP contribution in [0.1, 0.15) is 0 Å². The van der Waals surface area contributed by atoms with Gasteiger partial charge < -0.3 is 43.5 Å². The first-order chi connectivity index (χ1) is 7.43. The Morgan fingerprint density at radius 1 is 0.750 bits per heavy atom. The summed E-state index contributed by atoms with van der Waals surface area (Å²) in [7, 11) is 0. The monoisotopic (exact) mass is 224 g/mol. The molecule has 0 saturated heterocycles. The minimum Gasteiger partial charge on any atom is -0.624 e. The van der Waals surface area contributed by atoms with Crippen LogP contribution in [-0.4, -0.2) is 0 Å². The van der Waals surface area contributed by atoms with Crippen molar-refractivity contribution >= 4 is 0 Å². The van der Waals surface area contributed by atoms with E-state index in [1.807, 2.05) is 0 Å². The number of hydrogen-bond donors (Lipinski definition) is 6. The Kier molecular flexibility index (Phi) is 2.14. The number of quaternary nitrogens is 2. The van der Waals surface area contributed by atoms with Crippen LogP contribution in [0.2, 0.25) is 0 Å². The highest BCUT2D eigenvalue weighted by Crippen LogP contribution is 2.15. The standard InChI is InChI=1S/C8H12N6O2/c9-3-1-13(15)7(5(3)11)8-6(12)4(10)2-14(8)16/h1-2,13-14H,9-12H2. The van der Waals surface area contributed by atoms with Gasteiger partial charge in [-0.2, -0.15) is 0 Å². The van der Waals surface area contributed by atoms with Crippen molar-refractivity contribution in [3.8, 4) is 0 Å². The number of hydroxylamine groups is 4. The van der Waals surface area contributed by atoms with E-state index < -0.39 is 10.1 Å². The van der Waals surface area contributed by atoms with Crippen LogP contribution in [-0.2, 0) is 0 Å². The van der Waals surface area contributed by atoms with Gasteiger partial charge in [0.25, 0.3) is 0 Å². The van der Waals surface area contributed by atoms with Gasteiger partial charge in [-0.15, -0.1) is 0 Å². The van der Waals surface area contributed by atoms with Crippen LogP contribution in [0.25, 0.3) is 0 Å². The maximum Gasteiger partial charge on any atom is 0.225 e. The fourth-order valence-corrected chi connectivity index (χ4v) is 1.65. The van der Waals surface area contributed by atoms with Gasteiger partial charge in [-0.1, -0.05) is 0 Å². The van der Waals surface area contributed by atoms with Gasteiger partial charge in [0.2, 0.25) is 11.4 Å². The van der Waals surface area contributed by atoms with Crippen molar-refractivity contribution in [1.29, 1.82) is 0 Å². The van der Waals surface area contributed by atoms with Crippen molar-refractivity contribution in [3.63, 3.8) is 0 Å². The van der Waals surface area contributed by atoms with Crippen LogP contribution in [0.15, 0.2) is 46.6 Å². The summed E-state index contributed by atoms with van der Waals surface area (Å²) in [5, 5.41) is 22.3. The zero-order valence-electron chi connectivity index (χ0n) is 8.28. The first kappa shape index (κ1) is 10.5. The molecule has 0 bridgehead atoms. The summed E-state index contributed by atoms with van der Waals surface area (Å²) in [6.07, 6.45) is 2.32. The molecule has 0 saturated carbocycles. The second kappa shape index (κ2) is 3.25.